The topological polar surface area (TPSA) is 108 Å². The standard InChI is InChI=1S/C29H34N4O4/c1-4-36-22-14-15-23-24(16-22)33(21-6-5-7-21)26(25(23)27(30)32-28(34)19-8-9-19)18-10-12-20(13-11-18)31-29(35)37-17(2)3/h10-17,19,21H,4-9H2,1-3H3,(H,31,35)(H2,30,32,34). The molecule has 0 saturated heterocycles. The average molecular weight is 503 g/mol. The number of rotatable bonds is 8. The van der Waals surface area contributed by atoms with Crippen molar-refractivity contribution in [1.29, 1.82) is 0 Å². The molecule has 37 heavy (non-hydrogen) atoms. The van der Waals surface area contributed by atoms with Gasteiger partial charge in [-0.25, -0.2) is 4.79 Å². The van der Waals surface area contributed by atoms with Gasteiger partial charge in [-0.15, -0.1) is 0 Å². The largest absolute Gasteiger partial charge is 0.494 e. The quantitative estimate of drug-likeness (QED) is 0.289. The van der Waals surface area contributed by atoms with Crippen LogP contribution in [0.3, 0.4) is 0 Å². The highest BCUT2D eigenvalue weighted by atomic mass is 16.6. The normalized spacial score (nSPS) is 16.1. The third-order valence-corrected chi connectivity index (χ3v) is 6.89. The summed E-state index contributed by atoms with van der Waals surface area (Å²) in [6.45, 7) is 6.15. The summed E-state index contributed by atoms with van der Waals surface area (Å²) in [7, 11) is 0. The van der Waals surface area contributed by atoms with E-state index in [9.17, 15) is 9.59 Å². The van der Waals surface area contributed by atoms with Crippen molar-refractivity contribution in [3.8, 4) is 17.0 Å². The molecule has 3 aromatic rings. The molecule has 3 N–H and O–H groups in total. The molecule has 2 aliphatic rings. The molecule has 0 atom stereocenters. The van der Waals surface area contributed by atoms with E-state index in [1.807, 2.05) is 43.3 Å². The highest BCUT2D eigenvalue weighted by molar-refractivity contribution is 6.17. The number of fused-ring (bicyclic) bond motifs is 1. The zero-order chi connectivity index (χ0) is 26.1. The van der Waals surface area contributed by atoms with Crippen LogP contribution in [0.2, 0.25) is 0 Å². The van der Waals surface area contributed by atoms with E-state index in [1.54, 1.807) is 13.8 Å². The first-order valence-electron chi connectivity index (χ1n) is 13.1. The molecule has 0 radical (unpaired) electrons. The first-order chi connectivity index (χ1) is 17.9. The Balaban J connectivity index is 1.64. The first-order valence-corrected chi connectivity index (χ1v) is 13.1. The number of hydrogen-bond acceptors (Lipinski definition) is 4. The number of carbonyl (C=O) groups is 2. The smallest absolute Gasteiger partial charge is 0.411 e. The lowest BCUT2D eigenvalue weighted by atomic mass is 9.92. The number of nitrogens with two attached hydrogens (primary N) is 1. The van der Waals surface area contributed by atoms with E-state index in [1.165, 1.54) is 0 Å². The number of ether oxygens (including phenoxy) is 2. The van der Waals surface area contributed by atoms with E-state index in [-0.39, 0.29) is 23.8 Å². The Hall–Kier alpha value is -3.81. The molecule has 5 rings (SSSR count). The van der Waals surface area contributed by atoms with Gasteiger partial charge in [-0.05, 0) is 82.7 Å². The minimum Gasteiger partial charge on any atom is -0.494 e. The van der Waals surface area contributed by atoms with Gasteiger partial charge >= 0.3 is 6.09 Å². The summed E-state index contributed by atoms with van der Waals surface area (Å²) in [6, 6.07) is 13.9. The van der Waals surface area contributed by atoms with Gasteiger partial charge in [0.05, 0.1) is 29.5 Å². The summed E-state index contributed by atoms with van der Waals surface area (Å²) in [5.41, 5.74) is 10.8. The van der Waals surface area contributed by atoms with Gasteiger partial charge in [0.1, 0.15) is 11.6 Å². The van der Waals surface area contributed by atoms with Crippen LogP contribution in [-0.2, 0) is 9.53 Å². The Morgan fingerprint density at radius 1 is 1.11 bits per heavy atom. The fourth-order valence-corrected chi connectivity index (χ4v) is 4.78. The highest BCUT2D eigenvalue weighted by Crippen LogP contribution is 2.44. The van der Waals surface area contributed by atoms with E-state index < -0.39 is 6.09 Å². The molecule has 194 valence electrons. The molecule has 8 nitrogen and oxygen atoms in total. The summed E-state index contributed by atoms with van der Waals surface area (Å²) in [5.74, 6) is 0.866. The molecule has 0 spiro atoms. The molecule has 0 bridgehead atoms. The number of anilines is 1. The van der Waals surface area contributed by atoms with Gasteiger partial charge in [-0.2, -0.15) is 4.99 Å². The number of hydrogen-bond donors (Lipinski definition) is 2. The number of nitrogens with zero attached hydrogens (tertiary/aromatic N) is 2. The number of nitrogens with one attached hydrogen (secondary N) is 1. The van der Waals surface area contributed by atoms with Crippen LogP contribution in [0, 0.1) is 5.92 Å². The molecule has 0 aliphatic heterocycles. The van der Waals surface area contributed by atoms with Crippen LogP contribution in [0.15, 0.2) is 47.5 Å². The molecule has 0 unspecified atom stereocenters. The van der Waals surface area contributed by atoms with Gasteiger partial charge in [0, 0.05) is 29.1 Å². The van der Waals surface area contributed by atoms with Crippen LogP contribution in [0.1, 0.15) is 64.5 Å². The average Bonchev–Trinajstić information content (AvgIpc) is 3.62. The zero-order valence-corrected chi connectivity index (χ0v) is 21.6. The second-order valence-corrected chi connectivity index (χ2v) is 10.1. The maximum atomic E-state index is 12.6. The second-order valence-electron chi connectivity index (χ2n) is 10.1. The summed E-state index contributed by atoms with van der Waals surface area (Å²) in [6.07, 6.45) is 4.33. The third kappa shape index (κ3) is 5.19. The third-order valence-electron chi connectivity index (χ3n) is 6.89. The SMILES string of the molecule is CCOc1ccc2c(C(N)=NC(=O)C3CC3)c(-c3ccc(NC(=O)OC(C)C)cc3)n(C3CCC3)c2c1. The first kappa shape index (κ1) is 24.9. The lowest BCUT2D eigenvalue weighted by molar-refractivity contribution is -0.118. The minimum atomic E-state index is -0.495. The zero-order valence-electron chi connectivity index (χ0n) is 21.6. The predicted molar refractivity (Wildman–Crippen MR) is 145 cm³/mol. The van der Waals surface area contributed by atoms with E-state index in [0.29, 0.717) is 18.3 Å². The van der Waals surface area contributed by atoms with E-state index in [4.69, 9.17) is 15.2 Å². The summed E-state index contributed by atoms with van der Waals surface area (Å²) < 4.78 is 13.3. The fourth-order valence-electron chi connectivity index (χ4n) is 4.78. The van der Waals surface area contributed by atoms with Crippen molar-refractivity contribution in [2.75, 3.05) is 11.9 Å². The highest BCUT2D eigenvalue weighted by Gasteiger charge is 2.32. The van der Waals surface area contributed by atoms with Crippen LogP contribution >= 0.6 is 0 Å². The molecule has 1 aromatic heterocycles. The van der Waals surface area contributed by atoms with E-state index in [0.717, 1.165) is 65.6 Å². The number of amides is 2. The number of amidine groups is 1. The van der Waals surface area contributed by atoms with Crippen molar-refractivity contribution in [3.63, 3.8) is 0 Å². The molecule has 2 amide bonds. The van der Waals surface area contributed by atoms with E-state index in [2.05, 4.69) is 20.9 Å². The Morgan fingerprint density at radius 2 is 1.84 bits per heavy atom. The van der Waals surface area contributed by atoms with Gasteiger partial charge < -0.3 is 19.8 Å². The number of aliphatic imine (C=N–C) groups is 1. The minimum absolute atomic E-state index is 0.0116. The van der Waals surface area contributed by atoms with E-state index >= 15 is 0 Å². The molecule has 2 aliphatic carbocycles. The monoisotopic (exact) mass is 502 g/mol. The number of carbonyl (C=O) groups excluding carboxylic acids is 2. The van der Waals surface area contributed by atoms with Gasteiger partial charge in [-0.1, -0.05) is 12.1 Å². The van der Waals surface area contributed by atoms with Crippen LogP contribution < -0.4 is 15.8 Å². The lowest BCUT2D eigenvalue weighted by Gasteiger charge is -2.30. The number of aromatic nitrogens is 1. The fraction of sp³-hybridized carbons (Fsp3) is 0.414. The molecular formula is C29H34N4O4. The van der Waals surface area contributed by atoms with Crippen molar-refractivity contribution >= 4 is 34.4 Å². The molecular weight excluding hydrogens is 468 g/mol. The Labute approximate surface area is 216 Å². The number of benzene rings is 2. The molecule has 8 heteroatoms. The maximum absolute atomic E-state index is 12.6. The van der Waals surface area contributed by atoms with Crippen LogP contribution in [0.5, 0.6) is 5.75 Å². The van der Waals surface area contributed by atoms with Crippen molar-refractivity contribution in [2.45, 2.75) is 65.0 Å². The Morgan fingerprint density at radius 3 is 2.43 bits per heavy atom. The molecule has 2 fully saturated rings. The predicted octanol–water partition coefficient (Wildman–Crippen LogP) is 6.03. The van der Waals surface area contributed by atoms with Crippen molar-refractivity contribution < 1.29 is 19.1 Å². The van der Waals surface area contributed by atoms with Crippen molar-refractivity contribution in [3.05, 3.63) is 48.0 Å². The molecule has 2 saturated carbocycles. The Bertz CT molecular complexity index is 1350. The summed E-state index contributed by atoms with van der Waals surface area (Å²) >= 11 is 0. The summed E-state index contributed by atoms with van der Waals surface area (Å²) in [4.78, 5) is 29.0. The van der Waals surface area contributed by atoms with Gasteiger partial charge in [-0.3, -0.25) is 10.1 Å². The maximum Gasteiger partial charge on any atom is 0.411 e. The second kappa shape index (κ2) is 10.3. The van der Waals surface area contributed by atoms with Crippen LogP contribution in [-0.4, -0.2) is 35.1 Å². The molecule has 2 aromatic carbocycles. The van der Waals surface area contributed by atoms with Crippen LogP contribution in [0.25, 0.3) is 22.2 Å². The van der Waals surface area contributed by atoms with Crippen molar-refractivity contribution in [2.24, 2.45) is 16.6 Å². The molecule has 1 heterocycles. The lowest BCUT2D eigenvalue weighted by Crippen LogP contribution is -2.20. The van der Waals surface area contributed by atoms with Gasteiger partial charge in [0.25, 0.3) is 5.91 Å². The van der Waals surface area contributed by atoms with Crippen molar-refractivity contribution in [1.82, 2.24) is 4.57 Å². The van der Waals surface area contributed by atoms with Crippen LogP contribution in [0.4, 0.5) is 10.5 Å². The Kier molecular flexibility index (Phi) is 6.91. The summed E-state index contributed by atoms with van der Waals surface area (Å²) in [5, 5.41) is 3.71. The van der Waals surface area contributed by atoms with Gasteiger partial charge in [0.2, 0.25) is 0 Å². The van der Waals surface area contributed by atoms with Gasteiger partial charge in [0.15, 0.2) is 0 Å².